The monoisotopic (exact) mass is 456 g/mol. The molecule has 4 rings (SSSR count). The summed E-state index contributed by atoms with van der Waals surface area (Å²) in [6.07, 6.45) is 0. The van der Waals surface area contributed by atoms with Gasteiger partial charge in [-0.1, -0.05) is 40.9 Å². The van der Waals surface area contributed by atoms with Crippen molar-refractivity contribution >= 4 is 62.1 Å². The molecular weight excluding hydrogens is 439 g/mol. The van der Waals surface area contributed by atoms with Crippen LogP contribution in [0.3, 0.4) is 0 Å². The Morgan fingerprint density at radius 2 is 1.89 bits per heavy atom. The van der Waals surface area contributed by atoms with Crippen LogP contribution < -0.4 is 0 Å². The lowest BCUT2D eigenvalue weighted by Gasteiger charge is -2.26. The van der Waals surface area contributed by atoms with Crippen molar-refractivity contribution in [3.05, 3.63) is 55.5 Å². The zero-order chi connectivity index (χ0) is 19.8. The molecule has 0 unspecified atom stereocenters. The molecule has 1 aliphatic rings. The van der Waals surface area contributed by atoms with E-state index in [0.717, 1.165) is 55.3 Å². The molecule has 0 radical (unpaired) electrons. The first kappa shape index (κ1) is 20.2. The fourth-order valence-electron chi connectivity index (χ4n) is 3.46. The summed E-state index contributed by atoms with van der Waals surface area (Å²) in [7, 11) is 0. The highest BCUT2D eigenvalue weighted by atomic mass is 35.5. The number of ether oxygens (including phenoxy) is 1. The Balaban J connectivity index is 1.65. The molecule has 1 saturated heterocycles. The van der Waals surface area contributed by atoms with Gasteiger partial charge in [0.1, 0.15) is 4.83 Å². The Hall–Kier alpha value is -1.08. The zero-order valence-corrected chi connectivity index (χ0v) is 18.4. The molecule has 0 spiro atoms. The quantitative estimate of drug-likeness (QED) is 0.472. The van der Waals surface area contributed by atoms with E-state index >= 15 is 0 Å². The third-order valence-corrected chi connectivity index (χ3v) is 7.53. The fraction of sp³-hybridized carbons (Fsp3) is 0.350. The molecule has 4 nitrogen and oxygen atoms in total. The van der Waals surface area contributed by atoms with Gasteiger partial charge >= 0.3 is 0 Å². The van der Waals surface area contributed by atoms with E-state index in [2.05, 4.69) is 9.47 Å². The van der Waals surface area contributed by atoms with Gasteiger partial charge in [0, 0.05) is 42.8 Å². The van der Waals surface area contributed by atoms with Crippen LogP contribution in [0.2, 0.25) is 15.1 Å². The zero-order valence-electron chi connectivity index (χ0n) is 15.3. The number of fused-ring (bicyclic) bond motifs is 1. The molecule has 0 amide bonds. The molecule has 3 heterocycles. The van der Waals surface area contributed by atoms with E-state index in [9.17, 15) is 4.79 Å². The first-order valence-electron chi connectivity index (χ1n) is 9.04. The Bertz CT molecular complexity index is 1040. The lowest BCUT2D eigenvalue weighted by molar-refractivity contribution is 0.0365. The van der Waals surface area contributed by atoms with Gasteiger partial charge in [-0.05, 0) is 25.1 Å². The Labute approximate surface area is 182 Å². The maximum Gasteiger partial charge on any atom is 0.204 e. The maximum absolute atomic E-state index is 13.0. The van der Waals surface area contributed by atoms with Crippen LogP contribution in [0.4, 0.5) is 0 Å². The number of benzene rings is 1. The highest BCUT2D eigenvalue weighted by molar-refractivity contribution is 7.20. The fourth-order valence-corrected chi connectivity index (χ4v) is 5.35. The van der Waals surface area contributed by atoms with E-state index < -0.39 is 0 Å². The smallest absolute Gasteiger partial charge is 0.204 e. The minimum absolute atomic E-state index is 0.137. The molecule has 1 fully saturated rings. The number of aromatic nitrogens is 1. The average Bonchev–Trinajstić information content (AvgIpc) is 3.23. The summed E-state index contributed by atoms with van der Waals surface area (Å²) < 4.78 is 7.62. The van der Waals surface area contributed by atoms with E-state index in [1.54, 1.807) is 18.2 Å². The van der Waals surface area contributed by atoms with Crippen LogP contribution in [0.1, 0.15) is 20.9 Å². The minimum atomic E-state index is -0.137. The van der Waals surface area contributed by atoms with Crippen LogP contribution in [0.15, 0.2) is 24.3 Å². The van der Waals surface area contributed by atoms with Crippen LogP contribution in [-0.4, -0.2) is 48.1 Å². The molecule has 1 aromatic carbocycles. The van der Waals surface area contributed by atoms with Gasteiger partial charge in [-0.3, -0.25) is 9.69 Å². The van der Waals surface area contributed by atoms with Gasteiger partial charge in [0.05, 0.1) is 33.2 Å². The molecule has 2 aromatic heterocycles. The molecular formula is C20H19Cl3N2O2S. The van der Waals surface area contributed by atoms with E-state index in [1.807, 2.05) is 13.0 Å². The van der Waals surface area contributed by atoms with Crippen molar-refractivity contribution in [2.24, 2.45) is 0 Å². The van der Waals surface area contributed by atoms with E-state index in [1.165, 1.54) is 11.3 Å². The molecule has 0 bridgehead atoms. The largest absolute Gasteiger partial charge is 0.379 e. The Morgan fingerprint density at radius 3 is 2.64 bits per heavy atom. The number of rotatable bonds is 5. The second kappa shape index (κ2) is 8.34. The third kappa shape index (κ3) is 3.72. The second-order valence-corrected chi connectivity index (χ2v) is 8.96. The van der Waals surface area contributed by atoms with Crippen LogP contribution in [0.25, 0.3) is 10.2 Å². The van der Waals surface area contributed by atoms with Crippen LogP contribution in [0.5, 0.6) is 0 Å². The summed E-state index contributed by atoms with van der Waals surface area (Å²) in [5.41, 5.74) is 1.43. The summed E-state index contributed by atoms with van der Waals surface area (Å²) in [6.45, 7) is 7.20. The van der Waals surface area contributed by atoms with Gasteiger partial charge in [-0.25, -0.2) is 0 Å². The van der Waals surface area contributed by atoms with Crippen molar-refractivity contribution in [1.29, 1.82) is 0 Å². The van der Waals surface area contributed by atoms with Gasteiger partial charge in [0.15, 0.2) is 0 Å². The number of nitrogens with zero attached hydrogens (tertiary/aromatic N) is 2. The Morgan fingerprint density at radius 1 is 1.14 bits per heavy atom. The van der Waals surface area contributed by atoms with Crippen LogP contribution in [-0.2, 0) is 11.3 Å². The first-order chi connectivity index (χ1) is 13.5. The third-order valence-electron chi connectivity index (χ3n) is 5.08. The first-order valence-corrected chi connectivity index (χ1v) is 11.0. The summed E-state index contributed by atoms with van der Waals surface area (Å²) in [6, 6.07) is 6.96. The SMILES string of the molecule is Cc1c(Cl)c2cc(C(=O)c3cccc(Cl)c3Cl)sc2n1CCN1CCOCC1. The van der Waals surface area contributed by atoms with Crippen LogP contribution >= 0.6 is 46.1 Å². The van der Waals surface area contributed by atoms with Crippen molar-refractivity contribution in [1.82, 2.24) is 9.47 Å². The molecule has 8 heteroatoms. The molecule has 0 N–H and O–H groups in total. The number of carbonyl (C=O) groups excluding carboxylic acids is 1. The highest BCUT2D eigenvalue weighted by Gasteiger charge is 2.22. The number of halogens is 3. The standard InChI is InChI=1S/C20H19Cl3N2O2S/c1-12-17(22)14-11-16(19(26)13-3-2-4-15(21)18(13)23)28-20(14)25(12)6-5-24-7-9-27-10-8-24/h2-4,11H,5-10H2,1H3. The van der Waals surface area contributed by atoms with E-state index in [0.29, 0.717) is 20.5 Å². The minimum Gasteiger partial charge on any atom is -0.379 e. The number of morpholine rings is 1. The predicted molar refractivity (Wildman–Crippen MR) is 117 cm³/mol. The van der Waals surface area contributed by atoms with Crippen molar-refractivity contribution in [2.75, 3.05) is 32.8 Å². The van der Waals surface area contributed by atoms with Gasteiger partial charge in [0.25, 0.3) is 0 Å². The van der Waals surface area contributed by atoms with Gasteiger partial charge in [0.2, 0.25) is 5.78 Å². The lowest BCUT2D eigenvalue weighted by atomic mass is 10.1. The summed E-state index contributed by atoms with van der Waals surface area (Å²) >= 11 is 20.3. The Kier molecular flexibility index (Phi) is 6.02. The molecule has 0 saturated carbocycles. The van der Waals surface area contributed by atoms with Crippen molar-refractivity contribution in [2.45, 2.75) is 13.5 Å². The highest BCUT2D eigenvalue weighted by Crippen LogP contribution is 2.38. The number of ketones is 1. The predicted octanol–water partition coefficient (Wildman–Crippen LogP) is 5.53. The average molecular weight is 458 g/mol. The van der Waals surface area contributed by atoms with Gasteiger partial charge in [-0.15, -0.1) is 11.3 Å². The summed E-state index contributed by atoms with van der Waals surface area (Å²) in [5.74, 6) is -0.137. The molecule has 3 aromatic rings. The number of hydrogen-bond donors (Lipinski definition) is 0. The summed E-state index contributed by atoms with van der Waals surface area (Å²) in [4.78, 5) is 17.0. The van der Waals surface area contributed by atoms with E-state index in [-0.39, 0.29) is 10.8 Å². The molecule has 1 aliphatic heterocycles. The maximum atomic E-state index is 13.0. The molecule has 148 valence electrons. The van der Waals surface area contributed by atoms with Crippen LogP contribution in [0, 0.1) is 6.92 Å². The van der Waals surface area contributed by atoms with Gasteiger partial charge < -0.3 is 9.30 Å². The van der Waals surface area contributed by atoms with E-state index in [4.69, 9.17) is 39.5 Å². The topological polar surface area (TPSA) is 34.5 Å². The normalized spacial score (nSPS) is 15.4. The number of carbonyl (C=O) groups is 1. The number of thiophene rings is 1. The molecule has 0 aliphatic carbocycles. The van der Waals surface area contributed by atoms with Crippen molar-refractivity contribution in [3.8, 4) is 0 Å². The summed E-state index contributed by atoms with van der Waals surface area (Å²) in [5, 5.41) is 2.26. The second-order valence-electron chi connectivity index (χ2n) is 6.77. The van der Waals surface area contributed by atoms with Crippen molar-refractivity contribution < 1.29 is 9.53 Å². The molecule has 0 atom stereocenters. The van der Waals surface area contributed by atoms with Gasteiger partial charge in [-0.2, -0.15) is 0 Å². The van der Waals surface area contributed by atoms with Crippen molar-refractivity contribution in [3.63, 3.8) is 0 Å². The number of hydrogen-bond acceptors (Lipinski definition) is 4. The lowest BCUT2D eigenvalue weighted by Crippen LogP contribution is -2.38. The molecule has 28 heavy (non-hydrogen) atoms.